The molecule has 0 amide bonds. The van der Waals surface area contributed by atoms with Crippen LogP contribution in [0, 0.1) is 0 Å². The Morgan fingerprint density at radius 3 is 2.47 bits per heavy atom. The second-order valence-corrected chi connectivity index (χ2v) is 6.64. The van der Waals surface area contributed by atoms with Crippen LogP contribution in [0.15, 0.2) is 0 Å². The maximum absolute atomic E-state index is 11.5. The SMILES string of the molecule is CC(C)S(=O)(=O)CC1CCC(C(=O)O)O1. The van der Waals surface area contributed by atoms with Crippen LogP contribution in [-0.2, 0) is 19.4 Å². The van der Waals surface area contributed by atoms with Gasteiger partial charge >= 0.3 is 5.97 Å². The monoisotopic (exact) mass is 236 g/mol. The average molecular weight is 236 g/mol. The van der Waals surface area contributed by atoms with Gasteiger partial charge in [-0.15, -0.1) is 0 Å². The zero-order chi connectivity index (χ0) is 11.6. The van der Waals surface area contributed by atoms with Gasteiger partial charge in [-0.25, -0.2) is 13.2 Å². The Bertz CT molecular complexity index is 332. The van der Waals surface area contributed by atoms with Crippen molar-refractivity contribution in [1.29, 1.82) is 0 Å². The first-order chi connectivity index (χ1) is 6.83. The normalized spacial score (nSPS) is 27.1. The number of hydrogen-bond acceptors (Lipinski definition) is 4. The summed E-state index contributed by atoms with van der Waals surface area (Å²) >= 11 is 0. The maximum atomic E-state index is 11.5. The Morgan fingerprint density at radius 2 is 2.07 bits per heavy atom. The molecule has 1 fully saturated rings. The standard InChI is InChI=1S/C9H16O5S/c1-6(2)15(12,13)5-7-3-4-8(14-7)9(10)11/h6-8H,3-5H2,1-2H3,(H,10,11). The second-order valence-electron chi connectivity index (χ2n) is 4.04. The molecule has 0 aromatic heterocycles. The van der Waals surface area contributed by atoms with Crippen LogP contribution in [0.4, 0.5) is 0 Å². The van der Waals surface area contributed by atoms with Gasteiger partial charge in [-0.1, -0.05) is 0 Å². The second kappa shape index (κ2) is 4.49. The van der Waals surface area contributed by atoms with E-state index < -0.39 is 33.3 Å². The van der Waals surface area contributed by atoms with Gasteiger partial charge in [0, 0.05) is 0 Å². The van der Waals surface area contributed by atoms with E-state index in [0.717, 1.165) is 0 Å². The average Bonchev–Trinajstić information content (AvgIpc) is 2.51. The van der Waals surface area contributed by atoms with E-state index in [1.807, 2.05) is 0 Å². The van der Waals surface area contributed by atoms with Gasteiger partial charge in [-0.2, -0.15) is 0 Å². The lowest BCUT2D eigenvalue weighted by Crippen LogP contribution is -2.28. The summed E-state index contributed by atoms with van der Waals surface area (Å²) in [6.07, 6.45) is -0.396. The summed E-state index contributed by atoms with van der Waals surface area (Å²) in [5.74, 6) is -1.09. The summed E-state index contributed by atoms with van der Waals surface area (Å²) in [6, 6.07) is 0. The first-order valence-corrected chi connectivity index (χ1v) is 6.64. The summed E-state index contributed by atoms with van der Waals surface area (Å²) in [5.41, 5.74) is 0. The minimum atomic E-state index is -3.15. The van der Waals surface area contributed by atoms with Gasteiger partial charge in [0.25, 0.3) is 0 Å². The summed E-state index contributed by atoms with van der Waals surface area (Å²) < 4.78 is 28.2. The van der Waals surface area contributed by atoms with Gasteiger partial charge in [0.1, 0.15) is 0 Å². The van der Waals surface area contributed by atoms with Crippen LogP contribution in [0.25, 0.3) is 0 Å². The largest absolute Gasteiger partial charge is 0.479 e. The van der Waals surface area contributed by atoms with E-state index in [2.05, 4.69) is 0 Å². The Hall–Kier alpha value is -0.620. The third-order valence-electron chi connectivity index (χ3n) is 2.52. The highest BCUT2D eigenvalue weighted by Crippen LogP contribution is 2.22. The smallest absolute Gasteiger partial charge is 0.332 e. The number of hydrogen-bond donors (Lipinski definition) is 1. The van der Waals surface area contributed by atoms with Gasteiger partial charge in [0.05, 0.1) is 17.1 Å². The van der Waals surface area contributed by atoms with Crippen molar-refractivity contribution < 1.29 is 23.1 Å². The minimum absolute atomic E-state index is 0.0750. The van der Waals surface area contributed by atoms with Crippen molar-refractivity contribution in [2.45, 2.75) is 44.1 Å². The van der Waals surface area contributed by atoms with Crippen LogP contribution in [0.2, 0.25) is 0 Å². The van der Waals surface area contributed by atoms with Crippen molar-refractivity contribution in [2.24, 2.45) is 0 Å². The molecule has 1 heterocycles. The van der Waals surface area contributed by atoms with Crippen LogP contribution in [0.5, 0.6) is 0 Å². The van der Waals surface area contributed by atoms with Crippen molar-refractivity contribution in [3.05, 3.63) is 0 Å². The summed E-state index contributed by atoms with van der Waals surface area (Å²) in [4.78, 5) is 10.6. The van der Waals surface area contributed by atoms with Crippen LogP contribution >= 0.6 is 0 Å². The van der Waals surface area contributed by atoms with Gasteiger partial charge in [0.15, 0.2) is 15.9 Å². The van der Waals surface area contributed by atoms with Crippen LogP contribution in [-0.4, -0.2) is 42.7 Å². The quantitative estimate of drug-likeness (QED) is 0.766. The lowest BCUT2D eigenvalue weighted by atomic mass is 10.2. The highest BCUT2D eigenvalue weighted by atomic mass is 32.2. The van der Waals surface area contributed by atoms with E-state index in [-0.39, 0.29) is 5.75 Å². The lowest BCUT2D eigenvalue weighted by Gasteiger charge is -2.13. The van der Waals surface area contributed by atoms with E-state index >= 15 is 0 Å². The van der Waals surface area contributed by atoms with Gasteiger partial charge in [-0.05, 0) is 26.7 Å². The molecule has 1 N–H and O–H groups in total. The molecular weight excluding hydrogens is 220 g/mol. The van der Waals surface area contributed by atoms with E-state index in [1.165, 1.54) is 0 Å². The molecule has 0 bridgehead atoms. The molecule has 15 heavy (non-hydrogen) atoms. The number of ether oxygens (including phenoxy) is 1. The third kappa shape index (κ3) is 3.17. The number of sulfone groups is 1. The van der Waals surface area contributed by atoms with Crippen LogP contribution in [0.1, 0.15) is 26.7 Å². The molecule has 88 valence electrons. The Morgan fingerprint density at radius 1 is 1.47 bits per heavy atom. The van der Waals surface area contributed by atoms with E-state index in [4.69, 9.17) is 9.84 Å². The summed E-state index contributed by atoms with van der Waals surface area (Å²) in [5, 5.41) is 8.22. The molecule has 1 saturated heterocycles. The number of carbonyl (C=O) groups is 1. The molecule has 2 atom stereocenters. The number of carboxylic acids is 1. The minimum Gasteiger partial charge on any atom is -0.479 e. The predicted octanol–water partition coefficient (Wildman–Crippen LogP) is 0.442. The van der Waals surface area contributed by atoms with Crippen molar-refractivity contribution in [3.63, 3.8) is 0 Å². The molecule has 5 nitrogen and oxygen atoms in total. The molecule has 1 aliphatic heterocycles. The van der Waals surface area contributed by atoms with Gasteiger partial charge < -0.3 is 9.84 Å². The molecular formula is C9H16O5S. The fourth-order valence-corrected chi connectivity index (χ4v) is 2.61. The van der Waals surface area contributed by atoms with E-state index in [9.17, 15) is 13.2 Å². The zero-order valence-electron chi connectivity index (χ0n) is 8.84. The molecule has 0 saturated carbocycles. The molecule has 0 radical (unpaired) electrons. The van der Waals surface area contributed by atoms with Crippen LogP contribution < -0.4 is 0 Å². The molecule has 2 unspecified atom stereocenters. The summed E-state index contributed by atoms with van der Waals surface area (Å²) in [7, 11) is -3.15. The van der Waals surface area contributed by atoms with Crippen molar-refractivity contribution in [1.82, 2.24) is 0 Å². The number of aliphatic carboxylic acids is 1. The van der Waals surface area contributed by atoms with Crippen molar-refractivity contribution >= 4 is 15.8 Å². The Kier molecular flexibility index (Phi) is 3.72. The highest BCUT2D eigenvalue weighted by Gasteiger charge is 2.33. The topological polar surface area (TPSA) is 80.7 Å². The lowest BCUT2D eigenvalue weighted by molar-refractivity contribution is -0.148. The Labute approximate surface area is 89.3 Å². The third-order valence-corrected chi connectivity index (χ3v) is 4.79. The molecule has 0 spiro atoms. The van der Waals surface area contributed by atoms with Gasteiger partial charge in [0.2, 0.25) is 0 Å². The molecule has 0 aromatic rings. The summed E-state index contributed by atoms with van der Waals surface area (Å²) in [6.45, 7) is 3.22. The van der Waals surface area contributed by atoms with E-state index in [0.29, 0.717) is 12.8 Å². The molecule has 6 heteroatoms. The van der Waals surface area contributed by atoms with E-state index in [1.54, 1.807) is 13.8 Å². The molecule has 1 rings (SSSR count). The van der Waals surface area contributed by atoms with Crippen molar-refractivity contribution in [3.8, 4) is 0 Å². The van der Waals surface area contributed by atoms with Crippen LogP contribution in [0.3, 0.4) is 0 Å². The molecule has 0 aliphatic carbocycles. The first kappa shape index (κ1) is 12.4. The number of carboxylic acid groups (broad SMARTS) is 1. The predicted molar refractivity (Wildman–Crippen MR) is 54.5 cm³/mol. The maximum Gasteiger partial charge on any atom is 0.332 e. The molecule has 0 aromatic carbocycles. The highest BCUT2D eigenvalue weighted by molar-refractivity contribution is 7.92. The fourth-order valence-electron chi connectivity index (χ4n) is 1.46. The number of rotatable bonds is 4. The molecule has 1 aliphatic rings. The fraction of sp³-hybridized carbons (Fsp3) is 0.889. The zero-order valence-corrected chi connectivity index (χ0v) is 9.66. The van der Waals surface area contributed by atoms with Gasteiger partial charge in [-0.3, -0.25) is 0 Å². The van der Waals surface area contributed by atoms with Crippen molar-refractivity contribution in [2.75, 3.05) is 5.75 Å². The first-order valence-electron chi connectivity index (χ1n) is 4.92. The Balaban J connectivity index is 2.53.